The molecule has 2 aromatic carbocycles. The molecule has 1 atom stereocenters. The third-order valence-electron chi connectivity index (χ3n) is 6.01. The van der Waals surface area contributed by atoms with Gasteiger partial charge in [-0.3, -0.25) is 4.79 Å². The predicted octanol–water partition coefficient (Wildman–Crippen LogP) is 3.14. The van der Waals surface area contributed by atoms with Crippen molar-refractivity contribution >= 4 is 33.0 Å². The van der Waals surface area contributed by atoms with Crippen molar-refractivity contribution in [3.05, 3.63) is 72.4 Å². The second-order valence-corrected chi connectivity index (χ2v) is 10.7. The van der Waals surface area contributed by atoms with Crippen LogP contribution in [-0.2, 0) is 9.84 Å². The summed E-state index contributed by atoms with van der Waals surface area (Å²) in [7, 11) is -3.34. The molecular formula is C25H25N5O4S. The highest BCUT2D eigenvalue weighted by Gasteiger charge is 2.23. The standard InChI is InChI=1S/C25H25N5O4S/c1-35(33,34)21-7-2-5-18(15-21)22-8-4-14-30-23(22)27-25(28-30)26-19-11-9-17(10-12-19)24(32)29-13-3-6-20(31)16-29/h2,4-5,7-12,14-15,20,31H,3,6,13,16H2,1H3,(H,26,28)/t20-/m0/s1. The van der Waals surface area contributed by atoms with Crippen molar-refractivity contribution in [3.8, 4) is 11.1 Å². The number of pyridine rings is 1. The number of fused-ring (bicyclic) bond motifs is 1. The molecule has 0 radical (unpaired) electrons. The highest BCUT2D eigenvalue weighted by molar-refractivity contribution is 7.90. The minimum absolute atomic E-state index is 0.0953. The van der Waals surface area contributed by atoms with E-state index in [4.69, 9.17) is 0 Å². The van der Waals surface area contributed by atoms with Gasteiger partial charge in [0.1, 0.15) is 0 Å². The number of aliphatic hydroxyl groups is 1. The Balaban J connectivity index is 1.38. The monoisotopic (exact) mass is 491 g/mol. The quantitative estimate of drug-likeness (QED) is 0.440. The summed E-state index contributed by atoms with van der Waals surface area (Å²) < 4.78 is 25.6. The first-order valence-corrected chi connectivity index (χ1v) is 13.2. The fourth-order valence-electron chi connectivity index (χ4n) is 4.23. The number of likely N-dealkylation sites (tertiary alicyclic amines) is 1. The van der Waals surface area contributed by atoms with Crippen LogP contribution >= 0.6 is 0 Å². The number of aromatic nitrogens is 3. The average molecular weight is 492 g/mol. The van der Waals surface area contributed by atoms with Crippen LogP contribution in [0.3, 0.4) is 0 Å². The van der Waals surface area contributed by atoms with Gasteiger partial charge in [-0.05, 0) is 66.9 Å². The molecular weight excluding hydrogens is 466 g/mol. The molecule has 1 fully saturated rings. The van der Waals surface area contributed by atoms with Crippen molar-refractivity contribution in [3.63, 3.8) is 0 Å². The molecule has 5 rings (SSSR count). The van der Waals surface area contributed by atoms with Gasteiger partial charge in [-0.25, -0.2) is 12.9 Å². The Kier molecular flexibility index (Phi) is 6.00. The van der Waals surface area contributed by atoms with E-state index in [0.717, 1.165) is 29.7 Å². The highest BCUT2D eigenvalue weighted by Crippen LogP contribution is 2.27. The van der Waals surface area contributed by atoms with E-state index in [1.807, 2.05) is 18.2 Å². The van der Waals surface area contributed by atoms with Crippen LogP contribution in [0.4, 0.5) is 11.6 Å². The number of piperidine rings is 1. The van der Waals surface area contributed by atoms with Crippen molar-refractivity contribution in [2.75, 3.05) is 24.7 Å². The number of carbonyl (C=O) groups is 1. The van der Waals surface area contributed by atoms with Crippen molar-refractivity contribution in [1.82, 2.24) is 19.5 Å². The zero-order valence-electron chi connectivity index (χ0n) is 19.1. The summed E-state index contributed by atoms with van der Waals surface area (Å²) in [5.74, 6) is 0.275. The Hall–Kier alpha value is -3.76. The van der Waals surface area contributed by atoms with E-state index in [0.29, 0.717) is 30.2 Å². The molecule has 35 heavy (non-hydrogen) atoms. The van der Waals surface area contributed by atoms with Gasteiger partial charge in [-0.15, -0.1) is 5.10 Å². The molecule has 0 spiro atoms. The molecule has 0 unspecified atom stereocenters. The molecule has 9 nitrogen and oxygen atoms in total. The molecule has 3 heterocycles. The molecule has 1 aliphatic rings. The number of hydrogen-bond donors (Lipinski definition) is 2. The van der Waals surface area contributed by atoms with Crippen molar-refractivity contribution in [2.45, 2.75) is 23.8 Å². The first-order valence-electron chi connectivity index (χ1n) is 11.3. The molecule has 2 aromatic heterocycles. The molecule has 0 bridgehead atoms. The Morgan fingerprint density at radius 1 is 1.11 bits per heavy atom. The predicted molar refractivity (Wildman–Crippen MR) is 132 cm³/mol. The van der Waals surface area contributed by atoms with Gasteiger partial charge in [0.25, 0.3) is 5.91 Å². The molecule has 0 saturated carbocycles. The largest absolute Gasteiger partial charge is 0.391 e. The van der Waals surface area contributed by atoms with Crippen LogP contribution in [0.1, 0.15) is 23.2 Å². The maximum Gasteiger partial charge on any atom is 0.253 e. The minimum atomic E-state index is -3.34. The first-order chi connectivity index (χ1) is 16.8. The molecule has 4 aromatic rings. The second kappa shape index (κ2) is 9.12. The number of aliphatic hydroxyl groups excluding tert-OH is 1. The molecule has 1 amide bonds. The van der Waals surface area contributed by atoms with E-state index < -0.39 is 15.9 Å². The summed E-state index contributed by atoms with van der Waals surface area (Å²) in [6.07, 6.45) is 4.01. The van der Waals surface area contributed by atoms with Crippen LogP contribution < -0.4 is 5.32 Å². The van der Waals surface area contributed by atoms with Crippen molar-refractivity contribution in [2.24, 2.45) is 0 Å². The number of β-amino-alcohol motifs (C(OH)–C–C–N with tert-alkyl or cyclic N) is 1. The number of anilines is 2. The van der Waals surface area contributed by atoms with E-state index in [1.54, 1.807) is 58.1 Å². The molecule has 1 saturated heterocycles. The van der Waals surface area contributed by atoms with E-state index in [2.05, 4.69) is 15.4 Å². The van der Waals surface area contributed by atoms with Gasteiger partial charge in [-0.1, -0.05) is 12.1 Å². The maximum absolute atomic E-state index is 12.7. The minimum Gasteiger partial charge on any atom is -0.391 e. The molecule has 2 N–H and O–H groups in total. The number of hydrogen-bond acceptors (Lipinski definition) is 7. The number of amides is 1. The average Bonchev–Trinajstić information content (AvgIpc) is 3.26. The van der Waals surface area contributed by atoms with Crippen molar-refractivity contribution in [1.29, 1.82) is 0 Å². The lowest BCUT2D eigenvalue weighted by Crippen LogP contribution is -2.42. The number of sulfone groups is 1. The SMILES string of the molecule is CS(=O)(=O)c1cccc(-c2cccn3nc(Nc4ccc(C(=O)N5CCC[C@H](O)C5)cc4)nc23)c1. The lowest BCUT2D eigenvalue weighted by atomic mass is 10.1. The van der Waals surface area contributed by atoms with Gasteiger partial charge in [0.05, 0.1) is 11.0 Å². The van der Waals surface area contributed by atoms with Crippen LogP contribution in [0.5, 0.6) is 0 Å². The zero-order valence-corrected chi connectivity index (χ0v) is 19.9. The smallest absolute Gasteiger partial charge is 0.253 e. The Morgan fingerprint density at radius 3 is 2.66 bits per heavy atom. The normalized spacial score (nSPS) is 16.4. The fraction of sp³-hybridized carbons (Fsp3) is 0.240. The van der Waals surface area contributed by atoms with Crippen LogP contribution in [0.25, 0.3) is 16.8 Å². The lowest BCUT2D eigenvalue weighted by molar-refractivity contribution is 0.0474. The van der Waals surface area contributed by atoms with Crippen LogP contribution in [0, 0.1) is 0 Å². The van der Waals surface area contributed by atoms with Gasteiger partial charge in [0.2, 0.25) is 5.95 Å². The van der Waals surface area contributed by atoms with Crippen LogP contribution in [0.15, 0.2) is 71.8 Å². The summed E-state index contributed by atoms with van der Waals surface area (Å²) in [5.41, 5.74) is 3.33. The lowest BCUT2D eigenvalue weighted by Gasteiger charge is -2.30. The number of nitrogens with one attached hydrogen (secondary N) is 1. The summed E-state index contributed by atoms with van der Waals surface area (Å²) >= 11 is 0. The van der Waals surface area contributed by atoms with Gasteiger partial charge in [0.15, 0.2) is 15.5 Å². The summed E-state index contributed by atoms with van der Waals surface area (Å²) in [4.78, 5) is 19.2. The Morgan fingerprint density at radius 2 is 1.91 bits per heavy atom. The molecule has 0 aliphatic carbocycles. The second-order valence-electron chi connectivity index (χ2n) is 8.68. The molecule has 1 aliphatic heterocycles. The fourth-order valence-corrected chi connectivity index (χ4v) is 4.89. The van der Waals surface area contributed by atoms with E-state index in [1.165, 1.54) is 6.26 Å². The van der Waals surface area contributed by atoms with E-state index >= 15 is 0 Å². The zero-order chi connectivity index (χ0) is 24.6. The topological polar surface area (TPSA) is 117 Å². The van der Waals surface area contributed by atoms with Gasteiger partial charge in [-0.2, -0.15) is 4.98 Å². The highest BCUT2D eigenvalue weighted by atomic mass is 32.2. The van der Waals surface area contributed by atoms with Gasteiger partial charge < -0.3 is 15.3 Å². The van der Waals surface area contributed by atoms with Crippen LogP contribution in [0.2, 0.25) is 0 Å². The molecule has 180 valence electrons. The maximum atomic E-state index is 12.7. The number of carbonyl (C=O) groups excluding carboxylic acids is 1. The number of nitrogens with zero attached hydrogens (tertiary/aromatic N) is 4. The first kappa shape index (κ1) is 23.0. The van der Waals surface area contributed by atoms with Gasteiger partial charge in [0, 0.05) is 42.4 Å². The van der Waals surface area contributed by atoms with Crippen molar-refractivity contribution < 1.29 is 18.3 Å². The summed E-state index contributed by atoms with van der Waals surface area (Å²) in [6.45, 7) is 1.01. The Labute approximate surface area is 203 Å². The van der Waals surface area contributed by atoms with E-state index in [9.17, 15) is 18.3 Å². The van der Waals surface area contributed by atoms with E-state index in [-0.39, 0.29) is 10.8 Å². The summed E-state index contributed by atoms with van der Waals surface area (Å²) in [6, 6.07) is 17.5. The Bertz CT molecular complexity index is 1500. The third kappa shape index (κ3) is 4.89. The summed E-state index contributed by atoms with van der Waals surface area (Å²) in [5, 5.41) is 17.5. The number of benzene rings is 2. The van der Waals surface area contributed by atoms with Gasteiger partial charge >= 0.3 is 0 Å². The number of rotatable bonds is 5. The van der Waals surface area contributed by atoms with Crippen LogP contribution in [-0.4, -0.2) is 64.4 Å². The molecule has 10 heteroatoms. The third-order valence-corrected chi connectivity index (χ3v) is 7.12.